The second-order valence-corrected chi connectivity index (χ2v) is 6.98. The Bertz CT molecular complexity index is 479. The molecule has 0 saturated carbocycles. The summed E-state index contributed by atoms with van der Waals surface area (Å²) in [7, 11) is 0. The Labute approximate surface area is 135 Å². The zero-order valence-corrected chi connectivity index (χ0v) is 14.6. The summed E-state index contributed by atoms with van der Waals surface area (Å²) in [5, 5.41) is 9.54. The van der Waals surface area contributed by atoms with Gasteiger partial charge in [0, 0.05) is 18.2 Å². The van der Waals surface area contributed by atoms with Crippen molar-refractivity contribution in [1.29, 1.82) is 0 Å². The molecular weight excluding hydrogens is 274 g/mol. The smallest absolute Gasteiger partial charge is 0.127 e. The minimum absolute atomic E-state index is 0.220. The second kappa shape index (κ2) is 7.98. The maximum atomic E-state index is 9.54. The van der Waals surface area contributed by atoms with E-state index in [0.717, 1.165) is 31.9 Å². The Morgan fingerprint density at radius 1 is 1.18 bits per heavy atom. The SMILES string of the molecule is Cc1cc(C)c(OCC(C)C)c(C(CCO)N2CCCC2)c1. The summed E-state index contributed by atoms with van der Waals surface area (Å²) in [5.74, 6) is 1.54. The quantitative estimate of drug-likeness (QED) is 0.830. The van der Waals surface area contributed by atoms with Gasteiger partial charge in [0.15, 0.2) is 0 Å². The highest BCUT2D eigenvalue weighted by Gasteiger charge is 2.26. The van der Waals surface area contributed by atoms with E-state index in [1.54, 1.807) is 0 Å². The fourth-order valence-corrected chi connectivity index (χ4v) is 3.39. The zero-order chi connectivity index (χ0) is 16.1. The lowest BCUT2D eigenvalue weighted by Crippen LogP contribution is -2.27. The van der Waals surface area contributed by atoms with Gasteiger partial charge in [-0.2, -0.15) is 0 Å². The molecule has 1 aromatic rings. The predicted octanol–water partition coefficient (Wildman–Crippen LogP) is 3.86. The molecule has 1 aromatic carbocycles. The van der Waals surface area contributed by atoms with Gasteiger partial charge in [0.25, 0.3) is 0 Å². The van der Waals surface area contributed by atoms with Gasteiger partial charge in [0.05, 0.1) is 6.61 Å². The number of hydrogen-bond acceptors (Lipinski definition) is 3. The highest BCUT2D eigenvalue weighted by atomic mass is 16.5. The summed E-state index contributed by atoms with van der Waals surface area (Å²) in [6.07, 6.45) is 3.30. The summed E-state index contributed by atoms with van der Waals surface area (Å²) >= 11 is 0. The molecule has 1 atom stereocenters. The number of aliphatic hydroxyl groups excluding tert-OH is 1. The van der Waals surface area contributed by atoms with E-state index in [9.17, 15) is 5.11 Å². The van der Waals surface area contributed by atoms with Gasteiger partial charge in [0.1, 0.15) is 5.75 Å². The van der Waals surface area contributed by atoms with Crippen LogP contribution in [0.5, 0.6) is 5.75 Å². The highest BCUT2D eigenvalue weighted by Crippen LogP contribution is 2.37. The molecule has 2 rings (SSSR count). The van der Waals surface area contributed by atoms with Crippen LogP contribution in [0.25, 0.3) is 0 Å². The van der Waals surface area contributed by atoms with Crippen LogP contribution in [-0.2, 0) is 0 Å². The van der Waals surface area contributed by atoms with Crippen LogP contribution in [-0.4, -0.2) is 36.3 Å². The number of benzene rings is 1. The molecule has 1 fully saturated rings. The number of aliphatic hydroxyl groups is 1. The molecule has 1 aliphatic heterocycles. The number of likely N-dealkylation sites (tertiary alicyclic amines) is 1. The molecule has 124 valence electrons. The predicted molar refractivity (Wildman–Crippen MR) is 91.5 cm³/mol. The Kier molecular flexibility index (Phi) is 6.27. The lowest BCUT2D eigenvalue weighted by Gasteiger charge is -2.30. The molecule has 0 amide bonds. The molecule has 3 heteroatoms. The lowest BCUT2D eigenvalue weighted by atomic mass is 9.96. The van der Waals surface area contributed by atoms with Crippen molar-refractivity contribution in [3.05, 3.63) is 28.8 Å². The van der Waals surface area contributed by atoms with Gasteiger partial charge in [-0.05, 0) is 57.7 Å². The van der Waals surface area contributed by atoms with Gasteiger partial charge in [0.2, 0.25) is 0 Å². The molecule has 3 nitrogen and oxygen atoms in total. The molecule has 1 unspecified atom stereocenters. The van der Waals surface area contributed by atoms with E-state index in [2.05, 4.69) is 44.7 Å². The molecule has 1 heterocycles. The van der Waals surface area contributed by atoms with Crippen molar-refractivity contribution in [2.45, 2.75) is 53.0 Å². The normalized spacial score (nSPS) is 17.2. The highest BCUT2D eigenvalue weighted by molar-refractivity contribution is 5.45. The van der Waals surface area contributed by atoms with Crippen molar-refractivity contribution in [2.75, 3.05) is 26.3 Å². The van der Waals surface area contributed by atoms with Crippen LogP contribution in [0.2, 0.25) is 0 Å². The lowest BCUT2D eigenvalue weighted by molar-refractivity contribution is 0.178. The van der Waals surface area contributed by atoms with Crippen LogP contribution >= 0.6 is 0 Å². The van der Waals surface area contributed by atoms with Crippen molar-refractivity contribution in [2.24, 2.45) is 5.92 Å². The van der Waals surface area contributed by atoms with Crippen molar-refractivity contribution in [1.82, 2.24) is 4.90 Å². The first-order chi connectivity index (χ1) is 10.5. The monoisotopic (exact) mass is 305 g/mol. The summed E-state index contributed by atoms with van der Waals surface area (Å²) in [6.45, 7) is 11.8. The molecular formula is C19H31NO2. The molecule has 1 aliphatic rings. The minimum Gasteiger partial charge on any atom is -0.493 e. The van der Waals surface area contributed by atoms with E-state index in [0.29, 0.717) is 5.92 Å². The minimum atomic E-state index is 0.220. The molecule has 0 aliphatic carbocycles. The van der Waals surface area contributed by atoms with E-state index in [4.69, 9.17) is 4.74 Å². The second-order valence-electron chi connectivity index (χ2n) is 6.98. The van der Waals surface area contributed by atoms with Crippen molar-refractivity contribution >= 4 is 0 Å². The summed E-state index contributed by atoms with van der Waals surface area (Å²) in [5.41, 5.74) is 3.73. The van der Waals surface area contributed by atoms with E-state index in [1.807, 2.05) is 0 Å². The average Bonchev–Trinajstić information content (AvgIpc) is 2.96. The zero-order valence-electron chi connectivity index (χ0n) is 14.6. The van der Waals surface area contributed by atoms with Crippen LogP contribution < -0.4 is 4.74 Å². The standard InChI is InChI=1S/C19H31NO2/c1-14(2)13-22-19-16(4)11-15(3)12-17(19)18(7-10-21)20-8-5-6-9-20/h11-12,14,18,21H,5-10,13H2,1-4H3. The van der Waals surface area contributed by atoms with Gasteiger partial charge < -0.3 is 9.84 Å². The molecule has 0 radical (unpaired) electrons. The largest absolute Gasteiger partial charge is 0.493 e. The third-order valence-corrected chi connectivity index (χ3v) is 4.35. The number of nitrogens with zero attached hydrogens (tertiary/aromatic N) is 1. The fraction of sp³-hybridized carbons (Fsp3) is 0.684. The maximum absolute atomic E-state index is 9.54. The van der Waals surface area contributed by atoms with Crippen molar-refractivity contribution < 1.29 is 9.84 Å². The Hall–Kier alpha value is -1.06. The Balaban J connectivity index is 2.35. The average molecular weight is 305 g/mol. The molecule has 0 spiro atoms. The van der Waals surface area contributed by atoms with E-state index in [-0.39, 0.29) is 12.6 Å². The molecule has 0 bridgehead atoms. The Morgan fingerprint density at radius 2 is 1.86 bits per heavy atom. The summed E-state index contributed by atoms with van der Waals surface area (Å²) < 4.78 is 6.16. The third kappa shape index (κ3) is 4.23. The van der Waals surface area contributed by atoms with Crippen LogP contribution in [0, 0.1) is 19.8 Å². The number of rotatable bonds is 7. The molecule has 0 aromatic heterocycles. The summed E-state index contributed by atoms with van der Waals surface area (Å²) in [6, 6.07) is 4.72. The Morgan fingerprint density at radius 3 is 2.45 bits per heavy atom. The van der Waals surface area contributed by atoms with Crippen LogP contribution in [0.1, 0.15) is 55.8 Å². The summed E-state index contributed by atoms with van der Waals surface area (Å²) in [4.78, 5) is 2.51. The van der Waals surface area contributed by atoms with E-state index < -0.39 is 0 Å². The molecule has 1 saturated heterocycles. The number of ether oxygens (including phenoxy) is 1. The third-order valence-electron chi connectivity index (χ3n) is 4.35. The van der Waals surface area contributed by atoms with E-state index in [1.165, 1.54) is 29.5 Å². The first kappa shape index (κ1) is 17.3. The maximum Gasteiger partial charge on any atom is 0.127 e. The number of hydrogen-bond donors (Lipinski definition) is 1. The topological polar surface area (TPSA) is 32.7 Å². The number of aryl methyl sites for hydroxylation is 2. The van der Waals surface area contributed by atoms with Gasteiger partial charge in [-0.15, -0.1) is 0 Å². The van der Waals surface area contributed by atoms with Gasteiger partial charge in [-0.3, -0.25) is 4.90 Å². The van der Waals surface area contributed by atoms with Gasteiger partial charge in [-0.1, -0.05) is 31.5 Å². The molecule has 22 heavy (non-hydrogen) atoms. The first-order valence-corrected chi connectivity index (χ1v) is 8.61. The van der Waals surface area contributed by atoms with Crippen LogP contribution in [0.3, 0.4) is 0 Å². The molecule has 1 N–H and O–H groups in total. The van der Waals surface area contributed by atoms with Gasteiger partial charge >= 0.3 is 0 Å². The van der Waals surface area contributed by atoms with Crippen molar-refractivity contribution in [3.63, 3.8) is 0 Å². The first-order valence-electron chi connectivity index (χ1n) is 8.61. The van der Waals surface area contributed by atoms with Gasteiger partial charge in [-0.25, -0.2) is 0 Å². The van der Waals surface area contributed by atoms with E-state index >= 15 is 0 Å². The van der Waals surface area contributed by atoms with Crippen LogP contribution in [0.15, 0.2) is 12.1 Å². The van der Waals surface area contributed by atoms with Crippen LogP contribution in [0.4, 0.5) is 0 Å². The fourth-order valence-electron chi connectivity index (χ4n) is 3.39. The van der Waals surface area contributed by atoms with Crippen molar-refractivity contribution in [3.8, 4) is 5.75 Å².